The van der Waals surface area contributed by atoms with E-state index in [9.17, 15) is 30.7 Å². The van der Waals surface area contributed by atoms with Crippen molar-refractivity contribution in [2.24, 2.45) is 5.92 Å². The van der Waals surface area contributed by atoms with E-state index >= 15 is 0 Å². The number of ether oxygens (including phenoxy) is 2. The summed E-state index contributed by atoms with van der Waals surface area (Å²) in [5.41, 5.74) is 0. The Balaban J connectivity index is 2.66. The van der Waals surface area contributed by atoms with Crippen LogP contribution in [0.2, 0.25) is 0 Å². The average Bonchev–Trinajstić information content (AvgIpc) is 2.26. The van der Waals surface area contributed by atoms with E-state index in [0.717, 1.165) is 0 Å². The molecular formula is C9H11F7O2. The molecule has 0 N–H and O–H groups in total. The minimum Gasteiger partial charge on any atom is -0.375 e. The Kier molecular flexibility index (Phi) is 4.16. The van der Waals surface area contributed by atoms with Gasteiger partial charge in [0.15, 0.2) is 6.67 Å². The van der Waals surface area contributed by atoms with Crippen LogP contribution in [0.1, 0.15) is 6.92 Å². The van der Waals surface area contributed by atoms with Crippen LogP contribution in [0, 0.1) is 5.92 Å². The summed E-state index contributed by atoms with van der Waals surface area (Å²) in [5, 5.41) is 0. The largest absolute Gasteiger partial charge is 0.425 e. The van der Waals surface area contributed by atoms with Crippen molar-refractivity contribution in [2.75, 3.05) is 19.9 Å². The molecule has 0 aliphatic carbocycles. The first-order valence-electron chi connectivity index (χ1n) is 5.00. The molecule has 2 unspecified atom stereocenters. The summed E-state index contributed by atoms with van der Waals surface area (Å²) in [7, 11) is 0. The summed E-state index contributed by atoms with van der Waals surface area (Å²) < 4.78 is 95.9. The van der Waals surface area contributed by atoms with Crippen molar-refractivity contribution in [2.45, 2.75) is 31.0 Å². The van der Waals surface area contributed by atoms with Crippen molar-refractivity contribution in [1.82, 2.24) is 0 Å². The number of halogens is 7. The molecule has 2 nitrogen and oxygen atoms in total. The zero-order chi connectivity index (χ0) is 14.2. The highest BCUT2D eigenvalue weighted by Gasteiger charge is 2.73. The van der Waals surface area contributed by atoms with E-state index in [0.29, 0.717) is 0 Å². The minimum absolute atomic E-state index is 0.198. The lowest BCUT2D eigenvalue weighted by molar-refractivity contribution is -0.405. The van der Waals surface area contributed by atoms with Gasteiger partial charge < -0.3 is 9.47 Å². The van der Waals surface area contributed by atoms with Crippen molar-refractivity contribution in [1.29, 1.82) is 0 Å². The summed E-state index contributed by atoms with van der Waals surface area (Å²) in [4.78, 5) is 0. The van der Waals surface area contributed by atoms with Crippen LogP contribution < -0.4 is 0 Å². The van der Waals surface area contributed by atoms with Crippen molar-refractivity contribution in [3.8, 4) is 0 Å². The quantitative estimate of drug-likeness (QED) is 0.698. The van der Waals surface area contributed by atoms with E-state index in [1.807, 2.05) is 0 Å². The van der Waals surface area contributed by atoms with E-state index in [1.165, 1.54) is 0 Å². The van der Waals surface area contributed by atoms with Gasteiger partial charge in [-0.1, -0.05) is 6.92 Å². The molecule has 18 heavy (non-hydrogen) atoms. The molecule has 1 rings (SSSR count). The zero-order valence-corrected chi connectivity index (χ0v) is 9.24. The minimum atomic E-state index is -5.93. The Bertz CT molecular complexity index is 295. The first-order valence-corrected chi connectivity index (χ1v) is 5.00. The Morgan fingerprint density at radius 2 is 1.72 bits per heavy atom. The van der Waals surface area contributed by atoms with E-state index < -0.39 is 37.3 Å². The maximum absolute atomic E-state index is 12.9. The second-order valence-electron chi connectivity index (χ2n) is 4.09. The highest BCUT2D eigenvalue weighted by Crippen LogP contribution is 2.46. The third kappa shape index (κ3) is 2.56. The van der Waals surface area contributed by atoms with Crippen LogP contribution in [0.4, 0.5) is 30.7 Å². The summed E-state index contributed by atoms with van der Waals surface area (Å²) >= 11 is 0. The van der Waals surface area contributed by atoms with Gasteiger partial charge in [0.2, 0.25) is 0 Å². The molecule has 1 heterocycles. The lowest BCUT2D eigenvalue weighted by atomic mass is 10.0. The average molecular weight is 284 g/mol. The van der Waals surface area contributed by atoms with Crippen LogP contribution in [0.15, 0.2) is 0 Å². The molecule has 0 amide bonds. The third-order valence-electron chi connectivity index (χ3n) is 2.63. The van der Waals surface area contributed by atoms with Gasteiger partial charge in [0, 0.05) is 5.92 Å². The standard InChI is InChI=1S/C9H11F7O2/c1-5-2-17-6(5)3-18-9(15,16)8(13,14)7(11,12)4-10/h5-6H,2-4H2,1H3. The molecule has 1 aliphatic heterocycles. The molecule has 0 spiro atoms. The molecule has 1 aliphatic rings. The predicted molar refractivity (Wildman–Crippen MR) is 45.7 cm³/mol. The molecule has 0 aromatic carbocycles. The lowest BCUT2D eigenvalue weighted by Gasteiger charge is -2.36. The summed E-state index contributed by atoms with van der Waals surface area (Å²) in [6, 6.07) is 0. The molecule has 9 heteroatoms. The Labute approximate surface area is 98.0 Å². The van der Waals surface area contributed by atoms with Gasteiger partial charge in [-0.25, -0.2) is 4.39 Å². The van der Waals surface area contributed by atoms with Crippen LogP contribution in [-0.2, 0) is 9.47 Å². The third-order valence-corrected chi connectivity index (χ3v) is 2.63. The van der Waals surface area contributed by atoms with E-state index in [4.69, 9.17) is 4.74 Å². The Morgan fingerprint density at radius 1 is 1.17 bits per heavy atom. The smallest absolute Gasteiger partial charge is 0.375 e. The molecular weight excluding hydrogens is 273 g/mol. The van der Waals surface area contributed by atoms with Gasteiger partial charge in [0.25, 0.3) is 0 Å². The fourth-order valence-corrected chi connectivity index (χ4v) is 1.21. The van der Waals surface area contributed by atoms with E-state index in [2.05, 4.69) is 4.74 Å². The highest BCUT2D eigenvalue weighted by atomic mass is 19.4. The van der Waals surface area contributed by atoms with Crippen LogP contribution in [0.5, 0.6) is 0 Å². The van der Waals surface area contributed by atoms with Gasteiger partial charge in [0.05, 0.1) is 19.3 Å². The fourth-order valence-electron chi connectivity index (χ4n) is 1.21. The van der Waals surface area contributed by atoms with Gasteiger partial charge >= 0.3 is 18.0 Å². The molecule has 108 valence electrons. The van der Waals surface area contributed by atoms with Crippen LogP contribution in [-0.4, -0.2) is 43.9 Å². The molecule has 0 bridgehead atoms. The van der Waals surface area contributed by atoms with Crippen molar-refractivity contribution in [3.05, 3.63) is 0 Å². The highest BCUT2D eigenvalue weighted by molar-refractivity contribution is 4.92. The normalized spacial score (nSPS) is 26.0. The van der Waals surface area contributed by atoms with Crippen LogP contribution >= 0.6 is 0 Å². The molecule has 0 aromatic heterocycles. The van der Waals surface area contributed by atoms with Crippen molar-refractivity contribution >= 4 is 0 Å². The monoisotopic (exact) mass is 284 g/mol. The van der Waals surface area contributed by atoms with E-state index in [-0.39, 0.29) is 12.5 Å². The first-order chi connectivity index (χ1) is 8.05. The zero-order valence-electron chi connectivity index (χ0n) is 9.24. The van der Waals surface area contributed by atoms with Gasteiger partial charge in [-0.15, -0.1) is 0 Å². The van der Waals surface area contributed by atoms with Gasteiger partial charge in [-0.2, -0.15) is 26.3 Å². The molecule has 1 saturated heterocycles. The number of hydrogen-bond donors (Lipinski definition) is 0. The Hall–Kier alpha value is -0.570. The molecule has 0 aromatic rings. The van der Waals surface area contributed by atoms with Crippen molar-refractivity contribution < 1.29 is 40.2 Å². The first kappa shape index (κ1) is 15.5. The second-order valence-corrected chi connectivity index (χ2v) is 4.09. The molecule has 1 fully saturated rings. The maximum atomic E-state index is 12.9. The van der Waals surface area contributed by atoms with Crippen LogP contribution in [0.25, 0.3) is 0 Å². The predicted octanol–water partition coefficient (Wildman–Crippen LogP) is 2.87. The molecule has 0 saturated carbocycles. The maximum Gasteiger partial charge on any atom is 0.425 e. The van der Waals surface area contributed by atoms with Gasteiger partial charge in [-0.3, -0.25) is 0 Å². The molecule has 2 atom stereocenters. The Morgan fingerprint density at radius 3 is 2.06 bits per heavy atom. The fraction of sp³-hybridized carbons (Fsp3) is 1.00. The van der Waals surface area contributed by atoms with Gasteiger partial charge in [-0.05, 0) is 0 Å². The van der Waals surface area contributed by atoms with Crippen LogP contribution in [0.3, 0.4) is 0 Å². The number of alkyl halides is 7. The van der Waals surface area contributed by atoms with E-state index in [1.54, 1.807) is 6.92 Å². The van der Waals surface area contributed by atoms with Gasteiger partial charge in [0.1, 0.15) is 0 Å². The number of rotatable bonds is 6. The van der Waals surface area contributed by atoms with Crippen molar-refractivity contribution in [3.63, 3.8) is 0 Å². The topological polar surface area (TPSA) is 18.5 Å². The SMILES string of the molecule is CC1COC1COC(F)(F)C(F)(F)C(F)(F)CF. The second kappa shape index (κ2) is 4.84. The number of hydrogen-bond acceptors (Lipinski definition) is 2. The summed E-state index contributed by atoms with van der Waals surface area (Å²) in [5.74, 6) is -11.6. The summed E-state index contributed by atoms with van der Waals surface area (Å²) in [6.45, 7) is -2.04. The summed E-state index contributed by atoms with van der Waals surface area (Å²) in [6.07, 6.45) is -6.33. The molecule has 0 radical (unpaired) electrons. The lowest BCUT2D eigenvalue weighted by Crippen LogP contribution is -2.57.